The van der Waals surface area contributed by atoms with Gasteiger partial charge in [0.1, 0.15) is 5.75 Å². The number of guanidine groups is 1. The van der Waals surface area contributed by atoms with E-state index in [1.807, 2.05) is 43.0 Å². The number of benzene rings is 1. The Balaban J connectivity index is 1.60. The van der Waals surface area contributed by atoms with E-state index < -0.39 is 24.2 Å². The number of nitrogens with zero attached hydrogens (tertiary/aromatic N) is 5. The highest BCUT2D eigenvalue weighted by Crippen LogP contribution is 2.38. The highest BCUT2D eigenvalue weighted by atomic mass is 16.5. The molecule has 0 aliphatic carbocycles. The second kappa shape index (κ2) is 8.18. The molecule has 2 unspecified atom stereocenters. The molecule has 1 saturated heterocycles. The summed E-state index contributed by atoms with van der Waals surface area (Å²) in [5.41, 5.74) is 2.97. The summed E-state index contributed by atoms with van der Waals surface area (Å²) < 4.78 is 9.89. The van der Waals surface area contributed by atoms with Crippen LogP contribution in [0.4, 0.5) is 4.79 Å². The Morgan fingerprint density at radius 1 is 1.06 bits per heavy atom. The number of imide groups is 1. The molecular weight excluding hydrogens is 414 g/mol. The topological polar surface area (TPSA) is 95.0 Å². The summed E-state index contributed by atoms with van der Waals surface area (Å²) in [7, 11) is 4.53. The third kappa shape index (κ3) is 3.35. The minimum absolute atomic E-state index is 0.0294. The molecule has 1 aromatic rings. The van der Waals surface area contributed by atoms with Gasteiger partial charge >= 0.3 is 12.0 Å². The molecule has 0 saturated carbocycles. The van der Waals surface area contributed by atoms with Crippen molar-refractivity contribution in [3.8, 4) is 5.75 Å². The monoisotopic (exact) mass is 441 g/mol. The van der Waals surface area contributed by atoms with Crippen LogP contribution in [0.1, 0.15) is 25.8 Å². The predicted octanol–water partition coefficient (Wildman–Crippen LogP) is 1.59. The highest BCUT2D eigenvalue weighted by molar-refractivity contribution is 6.05. The van der Waals surface area contributed by atoms with Crippen LogP contribution in [0.25, 0.3) is 0 Å². The molecule has 3 aliphatic heterocycles. The van der Waals surface area contributed by atoms with E-state index in [0.29, 0.717) is 12.5 Å². The number of aliphatic imine (C=N–C) groups is 1. The molecule has 170 valence electrons. The Hall–Kier alpha value is -3.56. The molecule has 1 aromatic carbocycles. The van der Waals surface area contributed by atoms with E-state index >= 15 is 0 Å². The van der Waals surface area contributed by atoms with E-state index in [1.165, 1.54) is 12.0 Å². The van der Waals surface area contributed by atoms with E-state index in [4.69, 9.17) is 9.73 Å². The lowest BCUT2D eigenvalue weighted by molar-refractivity contribution is -0.142. The third-order valence-electron chi connectivity index (χ3n) is 6.27. The molecule has 10 nitrogen and oxygen atoms in total. The van der Waals surface area contributed by atoms with Crippen LogP contribution in [0.3, 0.4) is 0 Å². The van der Waals surface area contributed by atoms with Crippen LogP contribution in [0.5, 0.6) is 5.75 Å². The number of ether oxygens (including phenoxy) is 2. The van der Waals surface area contributed by atoms with Crippen LogP contribution >= 0.6 is 0 Å². The number of hydrogen-bond donors (Lipinski definition) is 0. The normalized spacial score (nSPS) is 22.3. The van der Waals surface area contributed by atoms with Crippen molar-refractivity contribution in [3.63, 3.8) is 0 Å². The van der Waals surface area contributed by atoms with Gasteiger partial charge in [-0.3, -0.25) is 19.4 Å². The summed E-state index contributed by atoms with van der Waals surface area (Å²) in [5.74, 6) is 0.590. The zero-order chi connectivity index (χ0) is 23.2. The molecule has 10 heteroatoms. The first-order chi connectivity index (χ1) is 15.3. The van der Waals surface area contributed by atoms with Crippen molar-refractivity contribution >= 4 is 23.9 Å². The van der Waals surface area contributed by atoms with Gasteiger partial charge in [0.2, 0.25) is 5.96 Å². The molecule has 0 spiro atoms. The molecule has 0 radical (unpaired) electrons. The molecule has 4 rings (SSSR count). The molecule has 32 heavy (non-hydrogen) atoms. The number of carbonyl (C=O) groups is 3. The number of rotatable bonds is 6. The summed E-state index contributed by atoms with van der Waals surface area (Å²) in [5, 5.41) is 0. The average molecular weight is 441 g/mol. The zero-order valence-electron chi connectivity index (χ0n) is 18.9. The highest BCUT2D eigenvalue weighted by Gasteiger charge is 2.55. The Bertz CT molecular complexity index is 1020. The van der Waals surface area contributed by atoms with Crippen molar-refractivity contribution in [2.75, 3.05) is 27.8 Å². The molecule has 0 N–H and O–H groups in total. The van der Waals surface area contributed by atoms with Gasteiger partial charge in [0.25, 0.3) is 5.91 Å². The van der Waals surface area contributed by atoms with Gasteiger partial charge in [-0.2, -0.15) is 0 Å². The Morgan fingerprint density at radius 3 is 2.38 bits per heavy atom. The van der Waals surface area contributed by atoms with Crippen LogP contribution in [0, 0.1) is 0 Å². The maximum absolute atomic E-state index is 13.4. The van der Waals surface area contributed by atoms with Crippen molar-refractivity contribution in [1.82, 2.24) is 19.6 Å². The molecule has 0 aromatic heterocycles. The van der Waals surface area contributed by atoms with Crippen molar-refractivity contribution in [1.29, 1.82) is 0 Å². The quantitative estimate of drug-likeness (QED) is 0.619. The number of esters is 1. The van der Waals surface area contributed by atoms with Crippen LogP contribution in [0.2, 0.25) is 0 Å². The minimum Gasteiger partial charge on any atom is -0.497 e. The van der Waals surface area contributed by atoms with E-state index in [0.717, 1.165) is 27.6 Å². The number of likely N-dealkylation sites (N-methyl/N-ethyl adjacent to an activating group) is 1. The van der Waals surface area contributed by atoms with E-state index in [9.17, 15) is 14.4 Å². The number of allylic oxidation sites excluding steroid dienone is 2. The van der Waals surface area contributed by atoms with Crippen LogP contribution < -0.4 is 4.74 Å². The Labute approximate surface area is 186 Å². The molecular formula is C22H27N5O5. The molecule has 2 atom stereocenters. The van der Waals surface area contributed by atoms with Gasteiger partial charge < -0.3 is 19.3 Å². The molecule has 1 fully saturated rings. The summed E-state index contributed by atoms with van der Waals surface area (Å²) >= 11 is 0. The lowest BCUT2D eigenvalue weighted by Gasteiger charge is -2.40. The van der Waals surface area contributed by atoms with Gasteiger partial charge in [0.05, 0.1) is 27.2 Å². The van der Waals surface area contributed by atoms with Crippen LogP contribution in [0.15, 0.2) is 40.7 Å². The number of fused-ring (bicyclic) bond motifs is 3. The molecule has 0 bridgehead atoms. The smallest absolute Gasteiger partial charge is 0.328 e. The Kier molecular flexibility index (Phi) is 5.53. The largest absolute Gasteiger partial charge is 0.497 e. The van der Waals surface area contributed by atoms with Crippen LogP contribution in [-0.4, -0.2) is 83.5 Å². The molecule has 3 amide bonds. The lowest BCUT2D eigenvalue weighted by Crippen LogP contribution is -2.64. The lowest BCUT2D eigenvalue weighted by atomic mass is 10.1. The van der Waals surface area contributed by atoms with E-state index in [1.54, 1.807) is 14.2 Å². The van der Waals surface area contributed by atoms with Crippen LogP contribution in [-0.2, 0) is 20.9 Å². The van der Waals surface area contributed by atoms with E-state index in [2.05, 4.69) is 9.64 Å². The summed E-state index contributed by atoms with van der Waals surface area (Å²) in [6, 6.07) is 6.65. The first-order valence-corrected chi connectivity index (χ1v) is 10.4. The van der Waals surface area contributed by atoms with Crippen molar-refractivity contribution in [3.05, 3.63) is 41.2 Å². The minimum atomic E-state index is -0.666. The van der Waals surface area contributed by atoms with Gasteiger partial charge in [-0.1, -0.05) is 12.1 Å². The fraction of sp³-hybridized carbons (Fsp3) is 0.455. The summed E-state index contributed by atoms with van der Waals surface area (Å²) in [6.45, 7) is 4.48. The maximum Gasteiger partial charge on any atom is 0.328 e. The van der Waals surface area contributed by atoms with Gasteiger partial charge in [-0.25, -0.2) is 9.79 Å². The first kappa shape index (κ1) is 21.7. The van der Waals surface area contributed by atoms with Gasteiger partial charge in [-0.05, 0) is 31.5 Å². The first-order valence-electron chi connectivity index (χ1n) is 10.4. The van der Waals surface area contributed by atoms with Gasteiger partial charge in [-0.15, -0.1) is 0 Å². The van der Waals surface area contributed by atoms with E-state index in [-0.39, 0.29) is 18.9 Å². The SMILES string of the molecule is COC(=O)CCN1C(=O)C2C(N=C3N(Cc4ccc(OC)cc4)C(C)=C(C)N32)N(C)C1=O. The maximum atomic E-state index is 13.4. The fourth-order valence-electron chi connectivity index (χ4n) is 4.29. The standard InChI is InChI=1S/C22H27N5O5/c1-13-14(2)27-18-19(24(3)22(30)25(20(18)29)11-10-17(28)32-5)23-21(27)26(13)12-15-6-8-16(31-4)9-7-15/h6-9,18-19H,10-12H2,1-5H3. The average Bonchev–Trinajstić information content (AvgIpc) is 3.29. The van der Waals surface area contributed by atoms with Crippen molar-refractivity contribution in [2.45, 2.75) is 39.0 Å². The van der Waals surface area contributed by atoms with Gasteiger partial charge in [0, 0.05) is 25.0 Å². The number of urea groups is 1. The molecule has 3 heterocycles. The number of carbonyl (C=O) groups excluding carboxylic acids is 3. The Morgan fingerprint density at radius 2 is 1.75 bits per heavy atom. The summed E-state index contributed by atoms with van der Waals surface area (Å²) in [6.07, 6.45) is -0.675. The van der Waals surface area contributed by atoms with Crippen molar-refractivity contribution < 1.29 is 23.9 Å². The molecule has 3 aliphatic rings. The second-order valence-corrected chi connectivity index (χ2v) is 7.97. The fourth-order valence-corrected chi connectivity index (χ4v) is 4.29. The van der Waals surface area contributed by atoms with Crippen molar-refractivity contribution in [2.24, 2.45) is 4.99 Å². The number of hydrogen-bond acceptors (Lipinski definition) is 8. The predicted molar refractivity (Wildman–Crippen MR) is 115 cm³/mol. The number of methoxy groups -OCH3 is 2. The zero-order valence-corrected chi connectivity index (χ0v) is 18.9. The number of amides is 3. The van der Waals surface area contributed by atoms with Gasteiger partial charge in [0.15, 0.2) is 12.2 Å². The second-order valence-electron chi connectivity index (χ2n) is 7.97. The summed E-state index contributed by atoms with van der Waals surface area (Å²) in [4.78, 5) is 49.1. The third-order valence-corrected chi connectivity index (χ3v) is 6.27.